The molecule has 1 aromatic heterocycles. The zero-order valence-corrected chi connectivity index (χ0v) is 17.4. The molecule has 0 aliphatic rings. The Morgan fingerprint density at radius 1 is 1.17 bits per heavy atom. The van der Waals surface area contributed by atoms with Crippen LogP contribution in [0.15, 0.2) is 53.7 Å². The fourth-order valence-corrected chi connectivity index (χ4v) is 3.67. The minimum atomic E-state index is -0.529. The summed E-state index contributed by atoms with van der Waals surface area (Å²) in [4.78, 5) is 22.9. The van der Waals surface area contributed by atoms with Crippen LogP contribution in [0.2, 0.25) is 0 Å². The number of anilines is 1. The number of nitro groups is 1. The molecule has 0 radical (unpaired) electrons. The highest BCUT2D eigenvalue weighted by Gasteiger charge is 2.19. The summed E-state index contributed by atoms with van der Waals surface area (Å²) < 4.78 is 7.59. The third-order valence-electron chi connectivity index (χ3n) is 4.17. The number of nitrogens with one attached hydrogen (secondary N) is 1. The van der Waals surface area contributed by atoms with Crippen LogP contribution in [0.1, 0.15) is 13.8 Å². The summed E-state index contributed by atoms with van der Waals surface area (Å²) in [5.74, 6) is 1.05. The van der Waals surface area contributed by atoms with Gasteiger partial charge in [0.25, 0.3) is 5.69 Å². The van der Waals surface area contributed by atoms with Gasteiger partial charge in [-0.1, -0.05) is 36.0 Å². The Bertz CT molecular complexity index is 1050. The van der Waals surface area contributed by atoms with Crippen molar-refractivity contribution in [1.82, 2.24) is 14.8 Å². The molecule has 3 aromatic rings. The van der Waals surface area contributed by atoms with E-state index in [1.54, 1.807) is 12.1 Å². The number of hydrogen-bond acceptors (Lipinski definition) is 7. The van der Waals surface area contributed by atoms with E-state index in [-0.39, 0.29) is 23.0 Å². The lowest BCUT2D eigenvalue weighted by atomic mass is 10.2. The maximum Gasteiger partial charge on any atom is 0.292 e. The second-order valence-electron chi connectivity index (χ2n) is 6.09. The van der Waals surface area contributed by atoms with Gasteiger partial charge in [-0.15, -0.1) is 10.2 Å². The molecule has 30 heavy (non-hydrogen) atoms. The highest BCUT2D eigenvalue weighted by Crippen LogP contribution is 2.31. The number of nitro benzene ring substituents is 1. The molecular formula is C20H21N5O4S. The average molecular weight is 427 g/mol. The van der Waals surface area contributed by atoms with E-state index in [9.17, 15) is 14.9 Å². The Balaban J connectivity index is 1.74. The van der Waals surface area contributed by atoms with Crippen LogP contribution < -0.4 is 10.1 Å². The number of ether oxygens (including phenoxy) is 1. The summed E-state index contributed by atoms with van der Waals surface area (Å²) in [6.45, 7) is 5.02. The molecule has 1 heterocycles. The molecule has 156 valence electrons. The number of benzene rings is 2. The number of aromatic nitrogens is 3. The fourth-order valence-electron chi connectivity index (χ4n) is 2.87. The first-order valence-electron chi connectivity index (χ1n) is 9.36. The van der Waals surface area contributed by atoms with E-state index in [1.807, 2.05) is 42.7 Å². The van der Waals surface area contributed by atoms with Crippen molar-refractivity contribution in [3.05, 3.63) is 58.6 Å². The van der Waals surface area contributed by atoms with Gasteiger partial charge in [0.05, 0.1) is 22.8 Å². The summed E-state index contributed by atoms with van der Waals surface area (Å²) >= 11 is 1.21. The van der Waals surface area contributed by atoms with Crippen LogP contribution in [-0.4, -0.2) is 38.0 Å². The second kappa shape index (κ2) is 9.88. The van der Waals surface area contributed by atoms with Crippen LogP contribution in [0.4, 0.5) is 11.4 Å². The molecule has 1 amide bonds. The van der Waals surface area contributed by atoms with E-state index < -0.39 is 4.92 Å². The first-order chi connectivity index (χ1) is 14.5. The number of para-hydroxylation sites is 3. The number of carbonyl (C=O) groups is 1. The minimum Gasteiger partial charge on any atom is -0.493 e. The molecule has 0 aliphatic carbocycles. The topological polar surface area (TPSA) is 112 Å². The van der Waals surface area contributed by atoms with Gasteiger partial charge >= 0.3 is 0 Å². The molecule has 1 N–H and O–H groups in total. The summed E-state index contributed by atoms with van der Waals surface area (Å²) in [6.07, 6.45) is 0. The molecule has 0 fully saturated rings. The standard InChI is InChI=1S/C20H21N5O4S/c1-3-24-19(14-9-5-8-12-17(14)29-4-2)22-23-20(24)30-13-18(26)21-15-10-6-7-11-16(15)25(27)28/h5-12H,3-4,13H2,1-2H3,(H,21,26). The summed E-state index contributed by atoms with van der Waals surface area (Å²) in [7, 11) is 0. The van der Waals surface area contributed by atoms with Gasteiger partial charge in [0.2, 0.25) is 5.91 Å². The Labute approximate surface area is 177 Å². The van der Waals surface area contributed by atoms with Crippen molar-refractivity contribution >= 4 is 29.0 Å². The maximum absolute atomic E-state index is 12.3. The van der Waals surface area contributed by atoms with Crippen LogP contribution in [-0.2, 0) is 11.3 Å². The highest BCUT2D eigenvalue weighted by atomic mass is 32.2. The van der Waals surface area contributed by atoms with Gasteiger partial charge in [-0.05, 0) is 32.0 Å². The Kier molecular flexibility index (Phi) is 7.02. The molecular weight excluding hydrogens is 406 g/mol. The van der Waals surface area contributed by atoms with Crippen molar-refractivity contribution in [2.45, 2.75) is 25.5 Å². The van der Waals surface area contributed by atoms with Gasteiger partial charge in [-0.3, -0.25) is 14.9 Å². The van der Waals surface area contributed by atoms with Crippen molar-refractivity contribution in [2.75, 3.05) is 17.7 Å². The van der Waals surface area contributed by atoms with Crippen LogP contribution in [0.25, 0.3) is 11.4 Å². The van der Waals surface area contributed by atoms with E-state index in [4.69, 9.17) is 4.74 Å². The van der Waals surface area contributed by atoms with Crippen LogP contribution in [0.5, 0.6) is 5.75 Å². The van der Waals surface area contributed by atoms with E-state index in [2.05, 4.69) is 15.5 Å². The zero-order valence-electron chi connectivity index (χ0n) is 16.6. The van der Waals surface area contributed by atoms with E-state index in [0.29, 0.717) is 29.9 Å². The fraction of sp³-hybridized carbons (Fsp3) is 0.250. The quantitative estimate of drug-likeness (QED) is 0.312. The van der Waals surface area contributed by atoms with E-state index in [1.165, 1.54) is 23.9 Å². The monoisotopic (exact) mass is 427 g/mol. The normalized spacial score (nSPS) is 10.6. The lowest BCUT2D eigenvalue weighted by molar-refractivity contribution is -0.383. The molecule has 0 bridgehead atoms. The van der Waals surface area contributed by atoms with Crippen LogP contribution in [0, 0.1) is 10.1 Å². The van der Waals surface area contributed by atoms with Gasteiger partial charge in [0, 0.05) is 12.6 Å². The van der Waals surface area contributed by atoms with Crippen LogP contribution in [0.3, 0.4) is 0 Å². The zero-order chi connectivity index (χ0) is 21.5. The number of carbonyl (C=O) groups excluding carboxylic acids is 1. The number of amides is 1. The number of thioether (sulfide) groups is 1. The van der Waals surface area contributed by atoms with Crippen molar-refractivity contribution in [3.63, 3.8) is 0 Å². The maximum atomic E-state index is 12.3. The largest absolute Gasteiger partial charge is 0.493 e. The number of rotatable bonds is 9. The highest BCUT2D eigenvalue weighted by molar-refractivity contribution is 7.99. The first kappa shape index (κ1) is 21.3. The van der Waals surface area contributed by atoms with Crippen molar-refractivity contribution in [2.24, 2.45) is 0 Å². The van der Waals surface area contributed by atoms with Crippen molar-refractivity contribution in [1.29, 1.82) is 0 Å². The third kappa shape index (κ3) is 4.77. The number of hydrogen-bond donors (Lipinski definition) is 1. The number of nitrogens with zero attached hydrogens (tertiary/aromatic N) is 4. The average Bonchev–Trinajstić information content (AvgIpc) is 3.16. The Hall–Kier alpha value is -3.40. The van der Waals surface area contributed by atoms with Gasteiger partial charge in [-0.25, -0.2) is 0 Å². The van der Waals surface area contributed by atoms with Gasteiger partial charge < -0.3 is 14.6 Å². The first-order valence-corrected chi connectivity index (χ1v) is 10.3. The molecule has 3 rings (SSSR count). The molecule has 0 spiro atoms. The molecule has 9 nitrogen and oxygen atoms in total. The second-order valence-corrected chi connectivity index (χ2v) is 7.03. The summed E-state index contributed by atoms with van der Waals surface area (Å²) in [5, 5.41) is 22.8. The third-order valence-corrected chi connectivity index (χ3v) is 5.13. The van der Waals surface area contributed by atoms with Gasteiger partial charge in [-0.2, -0.15) is 0 Å². The SMILES string of the molecule is CCOc1ccccc1-c1nnc(SCC(=O)Nc2ccccc2[N+](=O)[O-])n1CC. The molecule has 0 unspecified atom stereocenters. The van der Waals surface area contributed by atoms with Crippen LogP contribution >= 0.6 is 11.8 Å². The molecule has 2 aromatic carbocycles. The van der Waals surface area contributed by atoms with Gasteiger partial charge in [0.15, 0.2) is 11.0 Å². The summed E-state index contributed by atoms with van der Waals surface area (Å²) in [6, 6.07) is 13.6. The summed E-state index contributed by atoms with van der Waals surface area (Å²) in [5.41, 5.74) is 0.837. The molecule has 0 atom stereocenters. The predicted octanol–water partition coefficient (Wildman–Crippen LogP) is 4.00. The Morgan fingerprint density at radius 3 is 2.63 bits per heavy atom. The molecule has 10 heteroatoms. The van der Waals surface area contributed by atoms with E-state index in [0.717, 1.165) is 5.56 Å². The molecule has 0 aliphatic heterocycles. The smallest absolute Gasteiger partial charge is 0.292 e. The van der Waals surface area contributed by atoms with E-state index >= 15 is 0 Å². The van der Waals surface area contributed by atoms with Gasteiger partial charge in [0.1, 0.15) is 11.4 Å². The predicted molar refractivity (Wildman–Crippen MR) is 115 cm³/mol. The van der Waals surface area contributed by atoms with Crippen molar-refractivity contribution in [3.8, 4) is 17.1 Å². The molecule has 0 saturated carbocycles. The lowest BCUT2D eigenvalue weighted by Crippen LogP contribution is -2.15. The molecule has 0 saturated heterocycles. The van der Waals surface area contributed by atoms with Crippen molar-refractivity contribution < 1.29 is 14.5 Å². The Morgan fingerprint density at radius 2 is 1.90 bits per heavy atom. The lowest BCUT2D eigenvalue weighted by Gasteiger charge is -2.11. The minimum absolute atomic E-state index is 0.0390.